The number of likely N-dealkylation sites (tertiary alicyclic amines) is 1. The number of nitrogens with one attached hydrogen (secondary N) is 1. The lowest BCUT2D eigenvalue weighted by molar-refractivity contribution is -0.128. The van der Waals surface area contributed by atoms with Gasteiger partial charge in [-0.05, 0) is 18.6 Å². The van der Waals surface area contributed by atoms with Crippen LogP contribution in [0.2, 0.25) is 0 Å². The van der Waals surface area contributed by atoms with E-state index in [1.807, 2.05) is 18.2 Å². The molecular formula is C18H22N4O2S2. The van der Waals surface area contributed by atoms with Gasteiger partial charge in [0, 0.05) is 24.4 Å². The second-order valence-corrected chi connectivity index (χ2v) is 8.30. The number of anilines is 1. The topological polar surface area (TPSA) is 75.2 Å². The number of rotatable bonds is 8. The third-order valence-electron chi connectivity index (χ3n) is 4.17. The van der Waals surface area contributed by atoms with Gasteiger partial charge in [-0.15, -0.1) is 22.0 Å². The van der Waals surface area contributed by atoms with Crippen LogP contribution < -0.4 is 5.32 Å². The first kappa shape index (κ1) is 18.8. The van der Waals surface area contributed by atoms with Gasteiger partial charge in [-0.1, -0.05) is 42.9 Å². The van der Waals surface area contributed by atoms with E-state index >= 15 is 0 Å². The highest BCUT2D eigenvalue weighted by molar-refractivity contribution is 7.98. The Kier molecular flexibility index (Phi) is 6.62. The Hall–Kier alpha value is -1.93. The molecule has 6 nitrogen and oxygen atoms in total. The molecule has 0 aliphatic carbocycles. The van der Waals surface area contributed by atoms with Gasteiger partial charge >= 0.3 is 0 Å². The maximum atomic E-state index is 12.4. The maximum absolute atomic E-state index is 12.4. The van der Waals surface area contributed by atoms with Gasteiger partial charge in [0.05, 0.1) is 11.7 Å². The fraction of sp³-hybridized carbons (Fsp3) is 0.444. The van der Waals surface area contributed by atoms with Crippen molar-refractivity contribution >= 4 is 40.0 Å². The molecule has 0 unspecified atom stereocenters. The van der Waals surface area contributed by atoms with Crippen LogP contribution in [-0.2, 0) is 15.3 Å². The van der Waals surface area contributed by atoms with Gasteiger partial charge in [-0.25, -0.2) is 0 Å². The zero-order chi connectivity index (χ0) is 18.4. The van der Waals surface area contributed by atoms with Gasteiger partial charge in [-0.2, -0.15) is 0 Å². The average molecular weight is 391 g/mol. The maximum Gasteiger partial charge on any atom is 0.231 e. The molecule has 1 atom stereocenters. The highest BCUT2D eigenvalue weighted by Gasteiger charge is 2.34. The molecular weight excluding hydrogens is 368 g/mol. The summed E-state index contributed by atoms with van der Waals surface area (Å²) in [4.78, 5) is 27.4. The van der Waals surface area contributed by atoms with Crippen molar-refractivity contribution in [1.29, 1.82) is 0 Å². The largest absolute Gasteiger partial charge is 0.342 e. The lowest BCUT2D eigenvalue weighted by Gasteiger charge is -2.15. The van der Waals surface area contributed by atoms with E-state index in [2.05, 4.69) is 34.6 Å². The number of aromatic nitrogens is 2. The molecule has 2 aromatic rings. The van der Waals surface area contributed by atoms with E-state index in [9.17, 15) is 9.59 Å². The van der Waals surface area contributed by atoms with Crippen LogP contribution >= 0.6 is 23.1 Å². The van der Waals surface area contributed by atoms with Gasteiger partial charge in [0.25, 0.3) is 0 Å². The van der Waals surface area contributed by atoms with E-state index in [1.165, 1.54) is 16.2 Å². The van der Waals surface area contributed by atoms with E-state index in [4.69, 9.17) is 0 Å². The summed E-state index contributed by atoms with van der Waals surface area (Å²) in [6, 6.07) is 10.1. The number of hydrogen-bond acceptors (Lipinski definition) is 6. The molecule has 1 aliphatic heterocycles. The van der Waals surface area contributed by atoms with E-state index in [1.54, 1.807) is 16.7 Å². The third-order valence-corrected chi connectivity index (χ3v) is 6.21. The first-order valence-electron chi connectivity index (χ1n) is 8.74. The van der Waals surface area contributed by atoms with Crippen molar-refractivity contribution in [3.8, 4) is 0 Å². The molecule has 8 heteroatoms. The number of carbonyl (C=O) groups excluding carboxylic acids is 2. The van der Waals surface area contributed by atoms with E-state index < -0.39 is 0 Å². The molecule has 1 N–H and O–H groups in total. The molecule has 1 fully saturated rings. The summed E-state index contributed by atoms with van der Waals surface area (Å²) in [5.74, 6) is 0.335. The van der Waals surface area contributed by atoms with Crippen LogP contribution in [0, 0.1) is 5.92 Å². The Balaban J connectivity index is 1.49. The van der Waals surface area contributed by atoms with Crippen LogP contribution in [-0.4, -0.2) is 40.0 Å². The molecule has 1 saturated heterocycles. The molecule has 0 radical (unpaired) electrons. The summed E-state index contributed by atoms with van der Waals surface area (Å²) in [5, 5.41) is 12.4. The predicted octanol–water partition coefficient (Wildman–Crippen LogP) is 3.42. The summed E-state index contributed by atoms with van der Waals surface area (Å²) in [5.41, 5.74) is 0. The van der Waals surface area contributed by atoms with Crippen molar-refractivity contribution < 1.29 is 9.59 Å². The van der Waals surface area contributed by atoms with Crippen LogP contribution in [0.25, 0.3) is 0 Å². The van der Waals surface area contributed by atoms with Gasteiger partial charge in [0.15, 0.2) is 0 Å². The molecule has 2 amide bonds. The van der Waals surface area contributed by atoms with Crippen molar-refractivity contribution in [3.63, 3.8) is 0 Å². The Morgan fingerprint density at radius 1 is 1.35 bits per heavy atom. The molecule has 1 aliphatic rings. The smallest absolute Gasteiger partial charge is 0.231 e. The van der Waals surface area contributed by atoms with Crippen LogP contribution in [0.4, 0.5) is 5.13 Å². The first-order valence-corrected chi connectivity index (χ1v) is 10.5. The van der Waals surface area contributed by atoms with Crippen LogP contribution in [0.1, 0.15) is 31.2 Å². The first-order chi connectivity index (χ1) is 12.7. The molecule has 3 rings (SSSR count). The van der Waals surface area contributed by atoms with E-state index in [0.29, 0.717) is 17.4 Å². The van der Waals surface area contributed by atoms with Gasteiger partial charge in [0.1, 0.15) is 5.01 Å². The lowest BCUT2D eigenvalue weighted by Crippen LogP contribution is -2.29. The third kappa shape index (κ3) is 5.04. The standard InChI is InChI=1S/C18H22N4O2S2/c1-2-3-9-22-11-13(10-16(22)23)17(24)19-18-21-20-15(26-18)12-25-14-7-5-4-6-8-14/h4-8,13H,2-3,9-12H2,1H3,(H,19,21,24)/t13-/m0/s1. The summed E-state index contributed by atoms with van der Waals surface area (Å²) in [6.07, 6.45) is 2.29. The van der Waals surface area contributed by atoms with Crippen molar-refractivity contribution in [2.45, 2.75) is 36.8 Å². The molecule has 138 valence electrons. The van der Waals surface area contributed by atoms with E-state index in [-0.39, 0.29) is 24.2 Å². The fourth-order valence-electron chi connectivity index (χ4n) is 2.74. The second kappa shape index (κ2) is 9.14. The SMILES string of the molecule is CCCCN1C[C@@H](C(=O)Nc2nnc(CSc3ccccc3)s2)CC1=O. The minimum absolute atomic E-state index is 0.0656. The number of benzene rings is 1. The van der Waals surface area contributed by atoms with Crippen LogP contribution in [0.3, 0.4) is 0 Å². The Bertz CT molecular complexity index is 751. The lowest BCUT2D eigenvalue weighted by atomic mass is 10.1. The number of carbonyl (C=O) groups is 2. The van der Waals surface area contributed by atoms with Crippen molar-refractivity contribution in [2.24, 2.45) is 5.92 Å². The molecule has 0 spiro atoms. The van der Waals surface area contributed by atoms with Gasteiger partial charge < -0.3 is 10.2 Å². The zero-order valence-electron chi connectivity index (χ0n) is 14.7. The Labute approximate surface area is 161 Å². The minimum Gasteiger partial charge on any atom is -0.342 e. The summed E-state index contributed by atoms with van der Waals surface area (Å²) >= 11 is 3.06. The Morgan fingerprint density at radius 3 is 2.92 bits per heavy atom. The summed E-state index contributed by atoms with van der Waals surface area (Å²) < 4.78 is 0. The summed E-state index contributed by atoms with van der Waals surface area (Å²) in [7, 11) is 0. The molecule has 0 saturated carbocycles. The highest BCUT2D eigenvalue weighted by Crippen LogP contribution is 2.26. The monoisotopic (exact) mass is 390 g/mol. The number of thioether (sulfide) groups is 1. The quantitative estimate of drug-likeness (QED) is 0.699. The minimum atomic E-state index is -0.301. The molecule has 0 bridgehead atoms. The molecule has 1 aromatic carbocycles. The molecule has 26 heavy (non-hydrogen) atoms. The van der Waals surface area contributed by atoms with E-state index in [0.717, 1.165) is 24.4 Å². The number of unbranched alkanes of at least 4 members (excludes halogenated alkanes) is 1. The fourth-order valence-corrected chi connectivity index (χ4v) is 4.39. The normalized spacial score (nSPS) is 16.9. The zero-order valence-corrected chi connectivity index (χ0v) is 16.3. The van der Waals surface area contributed by atoms with Gasteiger partial charge in [0.2, 0.25) is 16.9 Å². The Morgan fingerprint density at radius 2 is 2.15 bits per heavy atom. The molecule has 1 aromatic heterocycles. The predicted molar refractivity (Wildman–Crippen MR) is 104 cm³/mol. The number of hydrogen-bond donors (Lipinski definition) is 1. The highest BCUT2D eigenvalue weighted by atomic mass is 32.2. The van der Waals surface area contributed by atoms with Crippen LogP contribution in [0.15, 0.2) is 35.2 Å². The van der Waals surface area contributed by atoms with Crippen molar-refractivity contribution in [3.05, 3.63) is 35.3 Å². The number of amides is 2. The van der Waals surface area contributed by atoms with Crippen molar-refractivity contribution in [2.75, 3.05) is 18.4 Å². The van der Waals surface area contributed by atoms with Crippen molar-refractivity contribution in [1.82, 2.24) is 15.1 Å². The molecule has 2 heterocycles. The van der Waals surface area contributed by atoms with Gasteiger partial charge in [-0.3, -0.25) is 9.59 Å². The summed E-state index contributed by atoms with van der Waals surface area (Å²) in [6.45, 7) is 3.33. The number of nitrogens with zero attached hydrogens (tertiary/aromatic N) is 3. The second-order valence-electron chi connectivity index (χ2n) is 6.19. The average Bonchev–Trinajstić information content (AvgIpc) is 3.25. The van der Waals surface area contributed by atoms with Crippen LogP contribution in [0.5, 0.6) is 0 Å².